The minimum atomic E-state index is -0.413. The molecule has 0 unspecified atom stereocenters. The van der Waals surface area contributed by atoms with E-state index in [0.29, 0.717) is 13.0 Å². The summed E-state index contributed by atoms with van der Waals surface area (Å²) in [6, 6.07) is 16.3. The molecule has 0 bridgehead atoms. The molecule has 2 aromatic carbocycles. The van der Waals surface area contributed by atoms with Crippen molar-refractivity contribution in [1.82, 2.24) is 20.4 Å². The summed E-state index contributed by atoms with van der Waals surface area (Å²) in [7, 11) is 0. The summed E-state index contributed by atoms with van der Waals surface area (Å²) >= 11 is 5.49. The number of thiocarbonyl (C=S) groups is 1. The van der Waals surface area contributed by atoms with Gasteiger partial charge in [-0.25, -0.2) is 4.39 Å². The number of likely N-dealkylation sites (tertiary alicyclic amines) is 1. The van der Waals surface area contributed by atoms with E-state index in [1.54, 1.807) is 12.1 Å². The van der Waals surface area contributed by atoms with Crippen LogP contribution in [0.1, 0.15) is 30.9 Å². The van der Waals surface area contributed by atoms with E-state index in [-0.39, 0.29) is 17.8 Å². The van der Waals surface area contributed by atoms with E-state index in [0.717, 1.165) is 48.7 Å². The lowest BCUT2D eigenvalue weighted by atomic mass is 9.95. The van der Waals surface area contributed by atoms with Gasteiger partial charge in [0, 0.05) is 39.0 Å². The molecule has 2 saturated heterocycles. The fourth-order valence-electron chi connectivity index (χ4n) is 4.61. The zero-order chi connectivity index (χ0) is 21.8. The van der Waals surface area contributed by atoms with Crippen molar-refractivity contribution in [2.45, 2.75) is 44.4 Å². The summed E-state index contributed by atoms with van der Waals surface area (Å²) < 4.78 is 13.4. The minimum Gasteiger partial charge on any atom is -0.363 e. The molecule has 0 saturated carbocycles. The maximum absolute atomic E-state index is 13.5. The molecule has 0 radical (unpaired) electrons. The minimum absolute atomic E-state index is 0.107. The van der Waals surface area contributed by atoms with Crippen LogP contribution in [0.15, 0.2) is 54.6 Å². The Morgan fingerprint density at radius 3 is 2.45 bits per heavy atom. The predicted octanol–water partition coefficient (Wildman–Crippen LogP) is 3.06. The first-order valence-corrected chi connectivity index (χ1v) is 11.3. The SMILES string of the molecule is CCNC(=S)N1CCC2(CC1)N[C@@H](Cc1ccccc1)C(=O)N2Cc1ccc(F)cc1. The second-order valence-electron chi connectivity index (χ2n) is 8.29. The maximum atomic E-state index is 13.5. The van der Waals surface area contributed by atoms with Gasteiger partial charge in [0.15, 0.2) is 5.11 Å². The first-order valence-electron chi connectivity index (χ1n) is 10.9. The number of nitrogens with one attached hydrogen (secondary N) is 2. The van der Waals surface area contributed by atoms with Crippen LogP contribution in [-0.4, -0.2) is 52.2 Å². The molecule has 2 aromatic rings. The van der Waals surface area contributed by atoms with Crippen LogP contribution in [-0.2, 0) is 17.8 Å². The Kier molecular flexibility index (Phi) is 6.53. The van der Waals surface area contributed by atoms with E-state index >= 15 is 0 Å². The van der Waals surface area contributed by atoms with Crippen LogP contribution in [0.3, 0.4) is 0 Å². The normalized spacial score (nSPS) is 20.3. The second-order valence-corrected chi connectivity index (χ2v) is 8.68. The van der Waals surface area contributed by atoms with Gasteiger partial charge in [0.1, 0.15) is 5.82 Å². The molecule has 2 heterocycles. The predicted molar refractivity (Wildman–Crippen MR) is 124 cm³/mol. The lowest BCUT2D eigenvalue weighted by Crippen LogP contribution is -2.60. The lowest BCUT2D eigenvalue weighted by molar-refractivity contribution is -0.134. The van der Waals surface area contributed by atoms with E-state index in [1.165, 1.54) is 12.1 Å². The largest absolute Gasteiger partial charge is 0.363 e. The van der Waals surface area contributed by atoms with Crippen LogP contribution < -0.4 is 10.6 Å². The number of carbonyl (C=O) groups is 1. The highest BCUT2D eigenvalue weighted by atomic mass is 32.1. The average Bonchev–Trinajstić information content (AvgIpc) is 3.02. The number of carbonyl (C=O) groups excluding carboxylic acids is 1. The third-order valence-corrected chi connectivity index (χ3v) is 6.67. The molecular formula is C24H29FN4OS. The highest BCUT2D eigenvalue weighted by Gasteiger charge is 2.51. The molecule has 2 aliphatic heterocycles. The van der Waals surface area contributed by atoms with Gasteiger partial charge in [-0.1, -0.05) is 42.5 Å². The van der Waals surface area contributed by atoms with Gasteiger partial charge in [-0.2, -0.15) is 0 Å². The van der Waals surface area contributed by atoms with Crippen LogP contribution in [0.2, 0.25) is 0 Å². The highest BCUT2D eigenvalue weighted by Crippen LogP contribution is 2.34. The number of nitrogens with zero attached hydrogens (tertiary/aromatic N) is 2. The molecule has 0 aromatic heterocycles. The summed E-state index contributed by atoms with van der Waals surface area (Å²) in [4.78, 5) is 17.7. The molecule has 1 amide bonds. The summed E-state index contributed by atoms with van der Waals surface area (Å²) in [6.07, 6.45) is 2.23. The van der Waals surface area contributed by atoms with Crippen molar-refractivity contribution in [2.75, 3.05) is 19.6 Å². The van der Waals surface area contributed by atoms with Crippen molar-refractivity contribution in [1.29, 1.82) is 0 Å². The van der Waals surface area contributed by atoms with Crippen LogP contribution in [0.25, 0.3) is 0 Å². The van der Waals surface area contributed by atoms with E-state index in [1.807, 2.05) is 30.0 Å². The Morgan fingerprint density at radius 2 is 1.81 bits per heavy atom. The summed E-state index contributed by atoms with van der Waals surface area (Å²) in [5, 5.41) is 7.68. The number of hydrogen-bond acceptors (Lipinski definition) is 3. The van der Waals surface area contributed by atoms with Gasteiger partial charge in [-0.05, 0) is 48.8 Å². The highest BCUT2D eigenvalue weighted by molar-refractivity contribution is 7.80. The Bertz CT molecular complexity index is 913. The standard InChI is InChI=1S/C24H29FN4OS/c1-2-26-23(31)28-14-12-24(13-15-28)27-21(16-18-6-4-3-5-7-18)22(30)29(24)17-19-8-10-20(25)11-9-19/h3-11,21,27H,2,12-17H2,1H3,(H,26,31)/t21-/m0/s1. The van der Waals surface area contributed by atoms with Gasteiger partial charge in [0.05, 0.1) is 11.7 Å². The van der Waals surface area contributed by atoms with Crippen molar-refractivity contribution in [3.05, 3.63) is 71.5 Å². The number of benzene rings is 2. The van der Waals surface area contributed by atoms with Crippen molar-refractivity contribution < 1.29 is 9.18 Å². The fraction of sp³-hybridized carbons (Fsp3) is 0.417. The van der Waals surface area contributed by atoms with Crippen molar-refractivity contribution >= 4 is 23.2 Å². The summed E-state index contributed by atoms with van der Waals surface area (Å²) in [6.45, 7) is 4.86. The van der Waals surface area contributed by atoms with E-state index in [9.17, 15) is 9.18 Å². The molecule has 2 N–H and O–H groups in total. The van der Waals surface area contributed by atoms with Gasteiger partial charge in [-0.3, -0.25) is 10.1 Å². The van der Waals surface area contributed by atoms with Gasteiger partial charge in [0.2, 0.25) is 5.91 Å². The average molecular weight is 441 g/mol. The van der Waals surface area contributed by atoms with Gasteiger partial charge >= 0.3 is 0 Å². The number of hydrogen-bond donors (Lipinski definition) is 2. The molecule has 5 nitrogen and oxygen atoms in total. The van der Waals surface area contributed by atoms with Crippen molar-refractivity contribution in [3.63, 3.8) is 0 Å². The first-order chi connectivity index (χ1) is 15.0. The first kappa shape index (κ1) is 21.7. The van der Waals surface area contributed by atoms with E-state index in [2.05, 4.69) is 27.7 Å². The Balaban J connectivity index is 1.55. The van der Waals surface area contributed by atoms with E-state index < -0.39 is 5.66 Å². The van der Waals surface area contributed by atoms with Crippen LogP contribution in [0.4, 0.5) is 4.39 Å². The number of piperidine rings is 1. The molecule has 0 aliphatic carbocycles. The van der Waals surface area contributed by atoms with Gasteiger partial charge < -0.3 is 15.1 Å². The van der Waals surface area contributed by atoms with Crippen molar-refractivity contribution in [2.24, 2.45) is 0 Å². The van der Waals surface area contributed by atoms with Crippen LogP contribution >= 0.6 is 12.2 Å². The topological polar surface area (TPSA) is 47.6 Å². The second kappa shape index (κ2) is 9.32. The Hall–Kier alpha value is -2.51. The van der Waals surface area contributed by atoms with Gasteiger partial charge in [0.25, 0.3) is 0 Å². The summed E-state index contributed by atoms with van der Waals surface area (Å²) in [5.41, 5.74) is 1.66. The Morgan fingerprint density at radius 1 is 1.13 bits per heavy atom. The molecule has 31 heavy (non-hydrogen) atoms. The van der Waals surface area contributed by atoms with Crippen LogP contribution in [0.5, 0.6) is 0 Å². The number of halogens is 1. The third kappa shape index (κ3) is 4.72. The van der Waals surface area contributed by atoms with E-state index in [4.69, 9.17) is 12.2 Å². The number of amides is 1. The van der Waals surface area contributed by atoms with Crippen LogP contribution in [0, 0.1) is 5.82 Å². The smallest absolute Gasteiger partial charge is 0.241 e. The molecular weight excluding hydrogens is 411 g/mol. The molecule has 2 aliphatic rings. The fourth-order valence-corrected chi connectivity index (χ4v) is 4.94. The molecule has 4 rings (SSSR count). The monoisotopic (exact) mass is 440 g/mol. The summed E-state index contributed by atoms with van der Waals surface area (Å²) in [5.74, 6) is -0.160. The molecule has 164 valence electrons. The number of rotatable bonds is 5. The van der Waals surface area contributed by atoms with Crippen molar-refractivity contribution in [3.8, 4) is 0 Å². The third-order valence-electron chi connectivity index (χ3n) is 6.27. The Labute approximate surface area is 188 Å². The molecule has 2 fully saturated rings. The zero-order valence-corrected chi connectivity index (χ0v) is 18.6. The lowest BCUT2D eigenvalue weighted by Gasteiger charge is -2.45. The quantitative estimate of drug-likeness (QED) is 0.700. The molecule has 1 atom stereocenters. The van der Waals surface area contributed by atoms with Gasteiger partial charge in [-0.15, -0.1) is 0 Å². The molecule has 1 spiro atoms. The molecule has 7 heteroatoms. The maximum Gasteiger partial charge on any atom is 0.241 e. The zero-order valence-electron chi connectivity index (χ0n) is 17.8.